The molecule has 2 nitrogen and oxygen atoms in total. The van der Waals surface area contributed by atoms with Gasteiger partial charge in [-0.3, -0.25) is 4.90 Å². The normalized spacial score (nSPS) is 10.9. The van der Waals surface area contributed by atoms with Crippen molar-refractivity contribution >= 4 is 17.3 Å². The number of hydrogen-bond acceptors (Lipinski definition) is 2. The number of rotatable bonds is 4. The second kappa shape index (κ2) is 6.09. The van der Waals surface area contributed by atoms with E-state index in [-0.39, 0.29) is 0 Å². The van der Waals surface area contributed by atoms with Gasteiger partial charge in [-0.1, -0.05) is 35.9 Å². The van der Waals surface area contributed by atoms with Crippen molar-refractivity contribution in [3.05, 3.63) is 64.2 Å². The minimum absolute atomic E-state index is 0.753. The Balaban J connectivity index is 2.07. The number of nitrogens with two attached hydrogens (primary N) is 1. The number of aryl methyl sites for hydroxylation is 1. The van der Waals surface area contributed by atoms with Gasteiger partial charge in [0.05, 0.1) is 0 Å². The maximum absolute atomic E-state index is 6.19. The largest absolute Gasteiger partial charge is 0.399 e. The van der Waals surface area contributed by atoms with Gasteiger partial charge in [-0.15, -0.1) is 0 Å². The molecule has 0 bridgehead atoms. The van der Waals surface area contributed by atoms with E-state index in [9.17, 15) is 0 Å². The summed E-state index contributed by atoms with van der Waals surface area (Å²) in [4.78, 5) is 2.24. The molecule has 0 heterocycles. The fourth-order valence-corrected chi connectivity index (χ4v) is 2.32. The molecule has 3 heteroatoms. The van der Waals surface area contributed by atoms with Crippen LogP contribution in [0.15, 0.2) is 42.5 Å². The van der Waals surface area contributed by atoms with Crippen molar-refractivity contribution in [3.63, 3.8) is 0 Å². The van der Waals surface area contributed by atoms with Gasteiger partial charge in [0.1, 0.15) is 0 Å². The molecule has 2 rings (SSSR count). The number of nitrogen functional groups attached to an aromatic ring is 1. The van der Waals surface area contributed by atoms with Crippen molar-refractivity contribution in [3.8, 4) is 0 Å². The second-order valence-electron chi connectivity index (χ2n) is 4.95. The van der Waals surface area contributed by atoms with Crippen LogP contribution in [0.5, 0.6) is 0 Å². The molecule has 0 fully saturated rings. The first kappa shape index (κ1) is 13.9. The standard InChI is InChI=1S/C16H19ClN2/c1-12-5-3-4-6-13(12)10-19(2)11-14-9-15(18)7-8-16(14)17/h3-9H,10-11,18H2,1-2H3. The quantitative estimate of drug-likeness (QED) is 0.858. The molecule has 0 atom stereocenters. The second-order valence-corrected chi connectivity index (χ2v) is 5.36. The molecule has 2 aromatic rings. The fourth-order valence-electron chi connectivity index (χ4n) is 2.14. The van der Waals surface area contributed by atoms with E-state index in [4.69, 9.17) is 17.3 Å². The Morgan fingerprint density at radius 3 is 2.47 bits per heavy atom. The third kappa shape index (κ3) is 3.72. The molecule has 0 aliphatic carbocycles. The van der Waals surface area contributed by atoms with E-state index < -0.39 is 0 Å². The maximum atomic E-state index is 6.19. The van der Waals surface area contributed by atoms with Crippen molar-refractivity contribution in [1.29, 1.82) is 0 Å². The predicted molar refractivity (Wildman–Crippen MR) is 82.2 cm³/mol. The number of anilines is 1. The molecule has 0 amide bonds. The van der Waals surface area contributed by atoms with E-state index in [2.05, 4.69) is 43.1 Å². The van der Waals surface area contributed by atoms with Crippen LogP contribution in [-0.2, 0) is 13.1 Å². The minimum Gasteiger partial charge on any atom is -0.399 e. The SMILES string of the molecule is Cc1ccccc1CN(C)Cc1cc(N)ccc1Cl. The molecular weight excluding hydrogens is 256 g/mol. The molecule has 2 N–H and O–H groups in total. The van der Waals surface area contributed by atoms with Crippen LogP contribution in [0.2, 0.25) is 5.02 Å². The van der Waals surface area contributed by atoms with E-state index in [0.717, 1.165) is 29.4 Å². The molecule has 0 aliphatic rings. The van der Waals surface area contributed by atoms with Gasteiger partial charge in [0, 0.05) is 23.8 Å². The monoisotopic (exact) mass is 274 g/mol. The van der Waals surface area contributed by atoms with Gasteiger partial charge in [-0.05, 0) is 48.9 Å². The average Bonchev–Trinajstić information content (AvgIpc) is 2.37. The number of nitrogens with zero attached hydrogens (tertiary/aromatic N) is 1. The zero-order chi connectivity index (χ0) is 13.8. The highest BCUT2D eigenvalue weighted by Crippen LogP contribution is 2.21. The lowest BCUT2D eigenvalue weighted by Gasteiger charge is -2.19. The fraction of sp³-hybridized carbons (Fsp3) is 0.250. The van der Waals surface area contributed by atoms with Gasteiger partial charge >= 0.3 is 0 Å². The van der Waals surface area contributed by atoms with Gasteiger partial charge in [0.2, 0.25) is 0 Å². The predicted octanol–water partition coefficient (Wildman–Crippen LogP) is 3.86. The summed E-state index contributed by atoms with van der Waals surface area (Å²) in [5, 5.41) is 0.769. The highest BCUT2D eigenvalue weighted by atomic mass is 35.5. The topological polar surface area (TPSA) is 29.3 Å². The van der Waals surface area contributed by atoms with Crippen LogP contribution in [0.4, 0.5) is 5.69 Å². The first-order valence-corrected chi connectivity index (χ1v) is 6.71. The summed E-state index contributed by atoms with van der Waals surface area (Å²) in [6, 6.07) is 14.1. The molecule has 2 aromatic carbocycles. The van der Waals surface area contributed by atoms with Gasteiger partial charge < -0.3 is 5.73 Å². The summed E-state index contributed by atoms with van der Waals surface area (Å²) in [6.07, 6.45) is 0. The van der Waals surface area contributed by atoms with Crippen LogP contribution in [0.25, 0.3) is 0 Å². The molecule has 0 aromatic heterocycles. The summed E-state index contributed by atoms with van der Waals surface area (Å²) in [7, 11) is 2.09. The van der Waals surface area contributed by atoms with Crippen LogP contribution < -0.4 is 5.73 Å². The zero-order valence-electron chi connectivity index (χ0n) is 11.4. The Kier molecular flexibility index (Phi) is 4.46. The van der Waals surface area contributed by atoms with Gasteiger partial charge in [0.25, 0.3) is 0 Å². The zero-order valence-corrected chi connectivity index (χ0v) is 12.1. The molecule has 0 radical (unpaired) electrons. The average molecular weight is 275 g/mol. The lowest BCUT2D eigenvalue weighted by Crippen LogP contribution is -2.18. The van der Waals surface area contributed by atoms with E-state index in [1.807, 2.05) is 18.2 Å². The van der Waals surface area contributed by atoms with Crippen LogP contribution in [-0.4, -0.2) is 11.9 Å². The highest BCUT2D eigenvalue weighted by molar-refractivity contribution is 6.31. The molecule has 0 unspecified atom stereocenters. The number of halogens is 1. The molecule has 19 heavy (non-hydrogen) atoms. The highest BCUT2D eigenvalue weighted by Gasteiger charge is 2.07. The van der Waals surface area contributed by atoms with Crippen molar-refractivity contribution in [2.45, 2.75) is 20.0 Å². The van der Waals surface area contributed by atoms with Crippen LogP contribution in [0, 0.1) is 6.92 Å². The van der Waals surface area contributed by atoms with Gasteiger partial charge in [0.15, 0.2) is 0 Å². The molecule has 0 aliphatic heterocycles. The van der Waals surface area contributed by atoms with Crippen molar-refractivity contribution in [2.24, 2.45) is 0 Å². The third-order valence-corrected chi connectivity index (χ3v) is 3.58. The Morgan fingerprint density at radius 2 is 1.74 bits per heavy atom. The number of hydrogen-bond donors (Lipinski definition) is 1. The molecular formula is C16H19ClN2. The summed E-state index contributed by atoms with van der Waals surface area (Å²) in [5.74, 6) is 0. The van der Waals surface area contributed by atoms with Crippen LogP contribution >= 0.6 is 11.6 Å². The lowest BCUT2D eigenvalue weighted by atomic mass is 10.1. The minimum atomic E-state index is 0.753. The van der Waals surface area contributed by atoms with E-state index in [1.165, 1.54) is 11.1 Å². The molecule has 0 saturated carbocycles. The van der Waals surface area contributed by atoms with E-state index in [0.29, 0.717) is 0 Å². The summed E-state index contributed by atoms with van der Waals surface area (Å²) in [6.45, 7) is 3.83. The lowest BCUT2D eigenvalue weighted by molar-refractivity contribution is 0.318. The molecule has 100 valence electrons. The van der Waals surface area contributed by atoms with E-state index >= 15 is 0 Å². The molecule has 0 saturated heterocycles. The summed E-state index contributed by atoms with van der Waals surface area (Å²) in [5.41, 5.74) is 10.3. The Labute approximate surface area is 119 Å². The van der Waals surface area contributed by atoms with Crippen molar-refractivity contribution in [1.82, 2.24) is 4.90 Å². The smallest absolute Gasteiger partial charge is 0.0452 e. The van der Waals surface area contributed by atoms with Crippen LogP contribution in [0.3, 0.4) is 0 Å². The Morgan fingerprint density at radius 1 is 1.05 bits per heavy atom. The molecule has 0 spiro atoms. The Hall–Kier alpha value is -1.51. The summed E-state index contributed by atoms with van der Waals surface area (Å²) < 4.78 is 0. The van der Waals surface area contributed by atoms with Crippen LogP contribution in [0.1, 0.15) is 16.7 Å². The first-order valence-electron chi connectivity index (χ1n) is 6.33. The summed E-state index contributed by atoms with van der Waals surface area (Å²) >= 11 is 6.19. The maximum Gasteiger partial charge on any atom is 0.0452 e. The van der Waals surface area contributed by atoms with Crippen molar-refractivity contribution in [2.75, 3.05) is 12.8 Å². The van der Waals surface area contributed by atoms with E-state index in [1.54, 1.807) is 0 Å². The van der Waals surface area contributed by atoms with Gasteiger partial charge in [-0.25, -0.2) is 0 Å². The van der Waals surface area contributed by atoms with Gasteiger partial charge in [-0.2, -0.15) is 0 Å². The third-order valence-electron chi connectivity index (χ3n) is 3.21. The Bertz CT molecular complexity index is 566. The van der Waals surface area contributed by atoms with Crippen molar-refractivity contribution < 1.29 is 0 Å². The number of benzene rings is 2. The first-order chi connectivity index (χ1) is 9.06.